The van der Waals surface area contributed by atoms with E-state index in [2.05, 4.69) is 5.32 Å². The number of nitrogens with zero attached hydrogens (tertiary/aromatic N) is 1. The van der Waals surface area contributed by atoms with Gasteiger partial charge in [0.05, 0.1) is 6.54 Å². The summed E-state index contributed by atoms with van der Waals surface area (Å²) >= 11 is 0. The minimum Gasteiger partial charge on any atom is -0.347 e. The molecule has 0 rings (SSSR count). The van der Waals surface area contributed by atoms with Crippen molar-refractivity contribution in [3.05, 3.63) is 0 Å². The van der Waals surface area contributed by atoms with E-state index in [9.17, 15) is 9.59 Å². The second-order valence-corrected chi connectivity index (χ2v) is 3.26. The van der Waals surface area contributed by atoms with Gasteiger partial charge in [-0.05, 0) is 6.92 Å². The summed E-state index contributed by atoms with van der Waals surface area (Å²) in [6, 6.07) is 0. The average Bonchev–Trinajstić information content (AvgIpc) is 2.22. The number of hydrogen-bond acceptors (Lipinski definition) is 3. The van der Waals surface area contributed by atoms with Crippen LogP contribution in [0, 0.1) is 5.92 Å². The zero-order valence-electron chi connectivity index (χ0n) is 9.04. The van der Waals surface area contributed by atoms with Gasteiger partial charge >= 0.3 is 0 Å². The highest BCUT2D eigenvalue weighted by Gasteiger charge is 2.12. The number of amides is 2. The molecule has 0 aliphatic heterocycles. The topological polar surface area (TPSA) is 75.4 Å². The average molecular weight is 201 g/mol. The molecule has 0 aromatic heterocycles. The SMILES string of the molecule is CCN(C)C(=O)CNC(=O)C(C)CN. The predicted molar refractivity (Wildman–Crippen MR) is 54.5 cm³/mol. The van der Waals surface area contributed by atoms with Crippen molar-refractivity contribution in [2.45, 2.75) is 13.8 Å². The van der Waals surface area contributed by atoms with Crippen LogP contribution in [0.2, 0.25) is 0 Å². The summed E-state index contributed by atoms with van der Waals surface area (Å²) in [6.07, 6.45) is 0. The van der Waals surface area contributed by atoms with E-state index in [4.69, 9.17) is 5.73 Å². The van der Waals surface area contributed by atoms with E-state index in [-0.39, 0.29) is 24.3 Å². The molecule has 2 amide bonds. The molecule has 5 heteroatoms. The molecule has 0 saturated heterocycles. The summed E-state index contributed by atoms with van der Waals surface area (Å²) in [5, 5.41) is 2.54. The van der Waals surface area contributed by atoms with Crippen LogP contribution in [-0.4, -0.2) is 43.4 Å². The zero-order valence-corrected chi connectivity index (χ0v) is 9.04. The highest BCUT2D eigenvalue weighted by atomic mass is 16.2. The third kappa shape index (κ3) is 4.23. The van der Waals surface area contributed by atoms with Crippen LogP contribution in [0.1, 0.15) is 13.8 Å². The third-order valence-corrected chi connectivity index (χ3v) is 2.12. The van der Waals surface area contributed by atoms with Gasteiger partial charge in [0, 0.05) is 26.1 Å². The fourth-order valence-electron chi connectivity index (χ4n) is 0.755. The molecule has 1 unspecified atom stereocenters. The summed E-state index contributed by atoms with van der Waals surface area (Å²) in [5.74, 6) is -0.509. The van der Waals surface area contributed by atoms with Gasteiger partial charge in [0.2, 0.25) is 11.8 Å². The minimum atomic E-state index is -0.241. The lowest BCUT2D eigenvalue weighted by Crippen LogP contribution is -2.41. The first kappa shape index (κ1) is 12.9. The Bertz CT molecular complexity index is 184. The maximum Gasteiger partial charge on any atom is 0.241 e. The van der Waals surface area contributed by atoms with E-state index < -0.39 is 0 Å². The summed E-state index contributed by atoms with van der Waals surface area (Å²) in [6.45, 7) is 4.59. The molecule has 0 aliphatic rings. The van der Waals surface area contributed by atoms with Crippen LogP contribution in [-0.2, 0) is 9.59 Å². The summed E-state index contributed by atoms with van der Waals surface area (Å²) in [4.78, 5) is 24.0. The van der Waals surface area contributed by atoms with Crippen molar-refractivity contribution in [3.8, 4) is 0 Å². The van der Waals surface area contributed by atoms with Gasteiger partial charge in [-0.25, -0.2) is 0 Å². The standard InChI is InChI=1S/C9H19N3O2/c1-4-12(3)8(13)6-11-9(14)7(2)5-10/h7H,4-6,10H2,1-3H3,(H,11,14). The highest BCUT2D eigenvalue weighted by molar-refractivity contribution is 5.85. The molecular formula is C9H19N3O2. The van der Waals surface area contributed by atoms with Crippen LogP contribution >= 0.6 is 0 Å². The first-order valence-corrected chi connectivity index (χ1v) is 4.74. The Morgan fingerprint density at radius 2 is 2.07 bits per heavy atom. The Balaban J connectivity index is 3.83. The lowest BCUT2D eigenvalue weighted by molar-refractivity contribution is -0.132. The van der Waals surface area contributed by atoms with Crippen LogP contribution in [0.3, 0.4) is 0 Å². The second-order valence-electron chi connectivity index (χ2n) is 3.26. The lowest BCUT2D eigenvalue weighted by atomic mass is 10.2. The van der Waals surface area contributed by atoms with Crippen molar-refractivity contribution in [1.29, 1.82) is 0 Å². The molecule has 0 radical (unpaired) electrons. The van der Waals surface area contributed by atoms with E-state index in [1.165, 1.54) is 0 Å². The van der Waals surface area contributed by atoms with Gasteiger partial charge in [-0.15, -0.1) is 0 Å². The fourth-order valence-corrected chi connectivity index (χ4v) is 0.755. The third-order valence-electron chi connectivity index (χ3n) is 2.12. The number of rotatable bonds is 5. The molecular weight excluding hydrogens is 182 g/mol. The molecule has 0 aromatic rings. The molecule has 3 N–H and O–H groups in total. The molecule has 5 nitrogen and oxygen atoms in total. The molecule has 0 aliphatic carbocycles. The lowest BCUT2D eigenvalue weighted by Gasteiger charge is -2.15. The van der Waals surface area contributed by atoms with Crippen molar-refractivity contribution < 1.29 is 9.59 Å². The molecule has 14 heavy (non-hydrogen) atoms. The molecule has 1 atom stereocenters. The minimum absolute atomic E-state index is 0.0491. The van der Waals surface area contributed by atoms with Crippen LogP contribution in [0.5, 0.6) is 0 Å². The number of carbonyl (C=O) groups excluding carboxylic acids is 2. The van der Waals surface area contributed by atoms with Crippen molar-refractivity contribution in [3.63, 3.8) is 0 Å². The number of likely N-dealkylation sites (N-methyl/N-ethyl adjacent to an activating group) is 1. The number of hydrogen-bond donors (Lipinski definition) is 2. The van der Waals surface area contributed by atoms with E-state index in [0.717, 1.165) is 0 Å². The number of carbonyl (C=O) groups is 2. The quantitative estimate of drug-likeness (QED) is 0.610. The van der Waals surface area contributed by atoms with E-state index in [0.29, 0.717) is 13.1 Å². The van der Waals surface area contributed by atoms with Crippen LogP contribution < -0.4 is 11.1 Å². The normalized spacial score (nSPS) is 12.0. The van der Waals surface area contributed by atoms with E-state index in [1.54, 1.807) is 18.9 Å². The van der Waals surface area contributed by atoms with Gasteiger partial charge in [0.25, 0.3) is 0 Å². The summed E-state index contributed by atoms with van der Waals surface area (Å²) in [7, 11) is 1.70. The maximum atomic E-state index is 11.3. The number of nitrogens with one attached hydrogen (secondary N) is 1. The zero-order chi connectivity index (χ0) is 11.1. The first-order valence-electron chi connectivity index (χ1n) is 4.74. The highest BCUT2D eigenvalue weighted by Crippen LogP contribution is 1.90. The Hall–Kier alpha value is -1.10. The Morgan fingerprint density at radius 1 is 1.50 bits per heavy atom. The molecule has 0 fully saturated rings. The van der Waals surface area contributed by atoms with Crippen LogP contribution in [0.15, 0.2) is 0 Å². The molecule has 82 valence electrons. The Labute approximate surface area is 84.6 Å². The van der Waals surface area contributed by atoms with E-state index >= 15 is 0 Å². The molecule has 0 heterocycles. The van der Waals surface area contributed by atoms with Gasteiger partial charge in [0.15, 0.2) is 0 Å². The second kappa shape index (κ2) is 6.37. The molecule has 0 saturated carbocycles. The summed E-state index contributed by atoms with van der Waals surface area (Å²) in [5.41, 5.74) is 5.31. The van der Waals surface area contributed by atoms with Gasteiger partial charge in [-0.2, -0.15) is 0 Å². The van der Waals surface area contributed by atoms with Gasteiger partial charge < -0.3 is 16.0 Å². The summed E-state index contributed by atoms with van der Waals surface area (Å²) < 4.78 is 0. The van der Waals surface area contributed by atoms with Gasteiger partial charge in [-0.3, -0.25) is 9.59 Å². The van der Waals surface area contributed by atoms with Crippen molar-refractivity contribution >= 4 is 11.8 Å². The maximum absolute atomic E-state index is 11.3. The van der Waals surface area contributed by atoms with Crippen LogP contribution in [0.25, 0.3) is 0 Å². The van der Waals surface area contributed by atoms with Crippen LogP contribution in [0.4, 0.5) is 0 Å². The first-order chi connectivity index (χ1) is 6.52. The van der Waals surface area contributed by atoms with Crippen molar-refractivity contribution in [2.75, 3.05) is 26.7 Å². The fraction of sp³-hybridized carbons (Fsp3) is 0.778. The van der Waals surface area contributed by atoms with Gasteiger partial charge in [-0.1, -0.05) is 6.92 Å². The molecule has 0 aromatic carbocycles. The van der Waals surface area contributed by atoms with Crippen molar-refractivity contribution in [2.24, 2.45) is 11.7 Å². The largest absolute Gasteiger partial charge is 0.347 e. The monoisotopic (exact) mass is 201 g/mol. The Kier molecular flexibility index (Phi) is 5.87. The Morgan fingerprint density at radius 3 is 2.50 bits per heavy atom. The molecule has 0 spiro atoms. The number of nitrogens with two attached hydrogens (primary N) is 1. The van der Waals surface area contributed by atoms with Crippen molar-refractivity contribution in [1.82, 2.24) is 10.2 Å². The van der Waals surface area contributed by atoms with E-state index in [1.807, 2.05) is 6.92 Å². The van der Waals surface area contributed by atoms with Gasteiger partial charge in [0.1, 0.15) is 0 Å². The predicted octanol–water partition coefficient (Wildman–Crippen LogP) is -0.824. The molecule has 0 bridgehead atoms. The smallest absolute Gasteiger partial charge is 0.241 e.